The van der Waals surface area contributed by atoms with Crippen LogP contribution in [0.25, 0.3) is 22.6 Å². The number of oxazole rings is 1. The third kappa shape index (κ3) is 9.70. The molecule has 5 aromatic rings. The second-order valence-corrected chi connectivity index (χ2v) is 13.1. The summed E-state index contributed by atoms with van der Waals surface area (Å²) >= 11 is 1.46. The minimum Gasteiger partial charge on any atom is -0.431 e. The number of carbonyl (C=O) groups is 2. The van der Waals surface area contributed by atoms with Crippen molar-refractivity contribution >= 4 is 29.3 Å². The molecule has 1 aliphatic rings. The molecule has 1 aromatic heterocycles. The first-order valence-electron chi connectivity index (χ1n) is 17.0. The van der Waals surface area contributed by atoms with Crippen LogP contribution in [-0.2, 0) is 19.1 Å². The third-order valence-electron chi connectivity index (χ3n) is 8.51. The molecule has 0 spiro atoms. The maximum absolute atomic E-state index is 12.5. The monoisotopic (exact) mass is 691 g/mol. The summed E-state index contributed by atoms with van der Waals surface area (Å²) in [5.41, 5.74) is 7.19. The second-order valence-electron chi connectivity index (χ2n) is 12.1. The largest absolute Gasteiger partial charge is 0.431 e. The van der Waals surface area contributed by atoms with Gasteiger partial charge in [-0.05, 0) is 36.1 Å². The number of nitrogens with one attached hydrogen (secondary N) is 2. The van der Waals surface area contributed by atoms with Gasteiger partial charge in [-0.25, -0.2) is 10.5 Å². The zero-order valence-electron chi connectivity index (χ0n) is 27.7. The Balaban J connectivity index is 1.10. The lowest BCUT2D eigenvalue weighted by atomic mass is 9.97. The van der Waals surface area contributed by atoms with Gasteiger partial charge in [0.15, 0.2) is 12.1 Å². The molecule has 3 unspecified atom stereocenters. The number of carbonyl (C=O) groups excluding carboxylic acids is 2. The predicted octanol–water partition coefficient (Wildman–Crippen LogP) is 9.13. The molecule has 0 radical (unpaired) electrons. The Kier molecular flexibility index (Phi) is 12.5. The van der Waals surface area contributed by atoms with Crippen LogP contribution in [0.1, 0.15) is 68.3 Å². The number of aromatic nitrogens is 1. The van der Waals surface area contributed by atoms with Crippen LogP contribution in [0.4, 0.5) is 5.69 Å². The predicted molar refractivity (Wildman–Crippen MR) is 193 cm³/mol. The summed E-state index contributed by atoms with van der Waals surface area (Å²) in [5, 5.41) is 12.1. The number of ether oxygens (including phenoxy) is 2. The van der Waals surface area contributed by atoms with Crippen LogP contribution in [0.2, 0.25) is 0 Å². The highest BCUT2D eigenvalue weighted by Crippen LogP contribution is 2.41. The summed E-state index contributed by atoms with van der Waals surface area (Å²) in [6.07, 6.45) is 3.50. The number of thioether (sulfide) groups is 1. The molecule has 258 valence electrons. The number of anilines is 1. The number of nitrogens with zero attached hydrogens (tertiary/aromatic N) is 1. The number of unbranched alkanes of at least 4 members (excludes halogenated alkanes) is 3. The van der Waals surface area contributed by atoms with E-state index in [-0.39, 0.29) is 30.4 Å². The Morgan fingerprint density at radius 3 is 1.88 bits per heavy atom. The summed E-state index contributed by atoms with van der Waals surface area (Å²) < 4.78 is 19.4. The van der Waals surface area contributed by atoms with Gasteiger partial charge in [0.2, 0.25) is 11.8 Å². The molecule has 1 saturated heterocycles. The smallest absolute Gasteiger partial charge is 0.256 e. The number of hydroxylamine groups is 1. The van der Waals surface area contributed by atoms with Gasteiger partial charge in [-0.15, -0.1) is 0 Å². The van der Waals surface area contributed by atoms with Crippen LogP contribution >= 0.6 is 11.8 Å². The molecule has 3 N–H and O–H groups in total. The van der Waals surface area contributed by atoms with Gasteiger partial charge >= 0.3 is 0 Å². The Hall–Kier alpha value is -4.74. The Bertz CT molecular complexity index is 1740. The molecule has 1 aliphatic heterocycles. The molecule has 1 fully saturated rings. The molecule has 0 saturated carbocycles. The maximum atomic E-state index is 12.5. The summed E-state index contributed by atoms with van der Waals surface area (Å²) in [5.74, 6) is 0.767. The van der Waals surface area contributed by atoms with E-state index >= 15 is 0 Å². The number of amides is 2. The van der Waals surface area contributed by atoms with Crippen LogP contribution in [0.5, 0.6) is 0 Å². The molecule has 2 amide bonds. The average molecular weight is 692 g/mol. The Morgan fingerprint density at radius 2 is 1.26 bits per heavy atom. The van der Waals surface area contributed by atoms with E-state index in [1.807, 2.05) is 103 Å². The zero-order valence-corrected chi connectivity index (χ0v) is 28.5. The van der Waals surface area contributed by atoms with Crippen LogP contribution in [0, 0.1) is 0 Å². The van der Waals surface area contributed by atoms with Crippen molar-refractivity contribution in [3.8, 4) is 22.6 Å². The molecule has 0 aliphatic carbocycles. The van der Waals surface area contributed by atoms with Crippen molar-refractivity contribution in [2.45, 2.75) is 68.7 Å². The van der Waals surface area contributed by atoms with Crippen LogP contribution in [0.3, 0.4) is 0 Å². The van der Waals surface area contributed by atoms with Crippen molar-refractivity contribution in [3.05, 3.63) is 126 Å². The van der Waals surface area contributed by atoms with Crippen molar-refractivity contribution in [1.29, 1.82) is 0 Å². The first-order valence-corrected chi connectivity index (χ1v) is 18.0. The van der Waals surface area contributed by atoms with E-state index < -0.39 is 6.29 Å². The minimum atomic E-state index is -0.520. The van der Waals surface area contributed by atoms with Gasteiger partial charge in [0.1, 0.15) is 5.69 Å². The van der Waals surface area contributed by atoms with E-state index in [4.69, 9.17) is 24.1 Å². The second kappa shape index (κ2) is 17.8. The molecule has 9 nitrogen and oxygen atoms in total. The summed E-state index contributed by atoms with van der Waals surface area (Å²) in [6.45, 7) is 0. The highest BCUT2D eigenvalue weighted by molar-refractivity contribution is 7.99. The van der Waals surface area contributed by atoms with E-state index in [0.29, 0.717) is 30.2 Å². The Labute approximate surface area is 296 Å². The van der Waals surface area contributed by atoms with Gasteiger partial charge in [-0.3, -0.25) is 14.8 Å². The van der Waals surface area contributed by atoms with E-state index in [0.717, 1.165) is 58.7 Å². The SMILES string of the molecule is O=C(CCCCCCC(=O)Nc1ccc(C2CC(c3ccccc3)OC(CSc3nc(-c4ccccc4)c(-c4ccccc4)o3)O2)cc1)NO. The lowest BCUT2D eigenvalue weighted by Crippen LogP contribution is -2.31. The standard InChI is InChI=1S/C40H41N3O6S/c44-35(20-12-1-2-13-21-36(45)43-46)41-32-24-22-29(23-25-32)34-26-33(28-14-6-3-7-15-28)47-37(48-34)27-50-40-42-38(30-16-8-4-9-17-30)39(49-40)31-18-10-5-11-19-31/h3-11,14-19,22-25,33-34,37,46H,1-2,12-13,20-21,26-27H2,(H,41,44)(H,43,45). The number of hydrogen-bond donors (Lipinski definition) is 3. The summed E-state index contributed by atoms with van der Waals surface area (Å²) in [4.78, 5) is 28.5. The fourth-order valence-electron chi connectivity index (χ4n) is 5.94. The van der Waals surface area contributed by atoms with Crippen LogP contribution in [0.15, 0.2) is 125 Å². The third-order valence-corrected chi connectivity index (χ3v) is 9.37. The van der Waals surface area contributed by atoms with Crippen molar-refractivity contribution in [1.82, 2.24) is 10.5 Å². The fourth-order valence-corrected chi connectivity index (χ4v) is 6.68. The van der Waals surface area contributed by atoms with Gasteiger partial charge in [-0.1, -0.05) is 128 Å². The first-order chi connectivity index (χ1) is 24.6. The van der Waals surface area contributed by atoms with E-state index in [1.54, 1.807) is 5.48 Å². The van der Waals surface area contributed by atoms with Crippen LogP contribution in [-0.4, -0.2) is 34.0 Å². The van der Waals surface area contributed by atoms with Crippen LogP contribution < -0.4 is 10.8 Å². The molecule has 6 rings (SSSR count). The number of rotatable bonds is 15. The topological polar surface area (TPSA) is 123 Å². The fraction of sp³-hybridized carbons (Fsp3) is 0.275. The van der Waals surface area contributed by atoms with E-state index in [9.17, 15) is 9.59 Å². The highest BCUT2D eigenvalue weighted by atomic mass is 32.2. The summed E-state index contributed by atoms with van der Waals surface area (Å²) in [6, 6.07) is 38.0. The van der Waals surface area contributed by atoms with Gasteiger partial charge in [-0.2, -0.15) is 0 Å². The number of benzene rings is 4. The zero-order chi connectivity index (χ0) is 34.5. The molecule has 3 atom stereocenters. The van der Waals surface area contributed by atoms with Crippen molar-refractivity contribution in [2.24, 2.45) is 0 Å². The highest BCUT2D eigenvalue weighted by Gasteiger charge is 2.32. The molecule has 4 aromatic carbocycles. The van der Waals surface area contributed by atoms with Crippen molar-refractivity contribution < 1.29 is 28.7 Å². The van der Waals surface area contributed by atoms with E-state index in [2.05, 4.69) is 17.4 Å². The lowest BCUT2D eigenvalue weighted by Gasteiger charge is -2.36. The lowest BCUT2D eigenvalue weighted by molar-refractivity contribution is -0.236. The molecular formula is C40H41N3O6S. The minimum absolute atomic E-state index is 0.0493. The summed E-state index contributed by atoms with van der Waals surface area (Å²) in [7, 11) is 0. The quantitative estimate of drug-likeness (QED) is 0.0430. The Morgan fingerprint density at radius 1 is 0.700 bits per heavy atom. The van der Waals surface area contributed by atoms with Crippen molar-refractivity contribution in [3.63, 3.8) is 0 Å². The van der Waals surface area contributed by atoms with Gasteiger partial charge < -0.3 is 19.2 Å². The van der Waals surface area contributed by atoms with Gasteiger partial charge in [0.05, 0.1) is 18.0 Å². The molecule has 10 heteroatoms. The normalized spacial score (nSPS) is 17.3. The first kappa shape index (κ1) is 35.1. The molecular weight excluding hydrogens is 651 g/mol. The molecule has 50 heavy (non-hydrogen) atoms. The van der Waals surface area contributed by atoms with Crippen molar-refractivity contribution in [2.75, 3.05) is 11.1 Å². The van der Waals surface area contributed by atoms with Gasteiger partial charge in [0.25, 0.3) is 5.22 Å². The number of hydrogen-bond acceptors (Lipinski definition) is 8. The van der Waals surface area contributed by atoms with E-state index in [1.165, 1.54) is 11.8 Å². The molecule has 0 bridgehead atoms. The maximum Gasteiger partial charge on any atom is 0.256 e. The van der Waals surface area contributed by atoms with Gasteiger partial charge in [0, 0.05) is 36.1 Å². The average Bonchev–Trinajstić information content (AvgIpc) is 3.61. The molecule has 2 heterocycles.